The molecule has 20 heavy (non-hydrogen) atoms. The quantitative estimate of drug-likeness (QED) is 0.652. The number of tetrazole rings is 1. The number of carbonyl (C=O) groups excluding carboxylic acids is 1. The molecule has 1 saturated heterocycles. The predicted molar refractivity (Wildman–Crippen MR) is 73.5 cm³/mol. The molecule has 1 fully saturated rings. The zero-order valence-electron chi connectivity index (χ0n) is 12.3. The molecule has 1 aliphatic heterocycles. The summed E-state index contributed by atoms with van der Waals surface area (Å²) in [5.41, 5.74) is 6.43. The molecule has 0 bridgehead atoms. The van der Waals surface area contributed by atoms with Crippen LogP contribution >= 0.6 is 0 Å². The topological polar surface area (TPSA) is 96.8 Å². The van der Waals surface area contributed by atoms with Crippen LogP contribution in [0.5, 0.6) is 0 Å². The van der Waals surface area contributed by atoms with Crippen LogP contribution < -0.4 is 16.2 Å². The van der Waals surface area contributed by atoms with Crippen molar-refractivity contribution in [1.29, 1.82) is 0 Å². The molecule has 8 nitrogen and oxygen atoms in total. The molecule has 112 valence electrons. The number of hydrogen-bond acceptors (Lipinski definition) is 6. The van der Waals surface area contributed by atoms with E-state index in [9.17, 15) is 4.79 Å². The van der Waals surface area contributed by atoms with E-state index in [1.54, 1.807) is 4.68 Å². The second-order valence-corrected chi connectivity index (χ2v) is 5.53. The Labute approximate surface area is 118 Å². The van der Waals surface area contributed by atoms with Crippen molar-refractivity contribution in [2.24, 2.45) is 0 Å². The van der Waals surface area contributed by atoms with Gasteiger partial charge in [0.2, 0.25) is 5.91 Å². The molecule has 0 radical (unpaired) electrons. The number of nitrogens with zero attached hydrogens (tertiary/aromatic N) is 4. The van der Waals surface area contributed by atoms with Crippen molar-refractivity contribution in [2.45, 2.75) is 64.7 Å². The third-order valence-corrected chi connectivity index (χ3v) is 3.48. The summed E-state index contributed by atoms with van der Waals surface area (Å²) in [5.74, 6) is 0.757. The number of aryl methyl sites for hydroxylation is 2. The van der Waals surface area contributed by atoms with Crippen LogP contribution in [0.3, 0.4) is 0 Å². The summed E-state index contributed by atoms with van der Waals surface area (Å²) in [4.78, 5) is 11.9. The molecule has 0 aromatic carbocycles. The lowest BCUT2D eigenvalue weighted by Gasteiger charge is -2.17. The van der Waals surface area contributed by atoms with Crippen molar-refractivity contribution in [1.82, 2.24) is 36.4 Å². The highest BCUT2D eigenvalue weighted by atomic mass is 16.1. The summed E-state index contributed by atoms with van der Waals surface area (Å²) in [5, 5.41) is 14.2. The van der Waals surface area contributed by atoms with Gasteiger partial charge in [-0.05, 0) is 44.0 Å². The van der Waals surface area contributed by atoms with Gasteiger partial charge in [0.1, 0.15) is 5.82 Å². The van der Waals surface area contributed by atoms with E-state index in [1.165, 1.54) is 0 Å². The van der Waals surface area contributed by atoms with Gasteiger partial charge in [-0.2, -0.15) is 0 Å². The average Bonchev–Trinajstić information content (AvgIpc) is 2.96. The van der Waals surface area contributed by atoms with E-state index >= 15 is 0 Å². The summed E-state index contributed by atoms with van der Waals surface area (Å²) in [7, 11) is 0. The SMILES string of the molecule is Cc1nnnn1CCC(=O)NC(C)CC1CC(C)NN1. The Hall–Kier alpha value is -1.54. The van der Waals surface area contributed by atoms with Crippen LogP contribution in [-0.4, -0.2) is 44.2 Å². The Kier molecular flexibility index (Phi) is 5.02. The average molecular weight is 281 g/mol. The molecule has 1 aromatic rings. The summed E-state index contributed by atoms with van der Waals surface area (Å²) < 4.78 is 1.63. The number of carbonyl (C=O) groups is 1. The lowest BCUT2D eigenvalue weighted by molar-refractivity contribution is -0.122. The predicted octanol–water partition coefficient (Wildman–Crippen LogP) is -0.479. The number of rotatable bonds is 6. The number of amides is 1. The van der Waals surface area contributed by atoms with Gasteiger partial charge in [-0.3, -0.25) is 15.6 Å². The smallest absolute Gasteiger partial charge is 0.222 e. The first kappa shape index (κ1) is 14.9. The highest BCUT2D eigenvalue weighted by Crippen LogP contribution is 2.10. The van der Waals surface area contributed by atoms with Crippen molar-refractivity contribution >= 4 is 5.91 Å². The van der Waals surface area contributed by atoms with Gasteiger partial charge in [-0.1, -0.05) is 0 Å². The summed E-state index contributed by atoms with van der Waals surface area (Å²) in [6.07, 6.45) is 2.40. The molecule has 0 aliphatic carbocycles. The van der Waals surface area contributed by atoms with E-state index in [2.05, 4.69) is 38.6 Å². The van der Waals surface area contributed by atoms with E-state index < -0.39 is 0 Å². The molecular weight excluding hydrogens is 258 g/mol. The van der Waals surface area contributed by atoms with Crippen LogP contribution in [0.1, 0.15) is 38.9 Å². The van der Waals surface area contributed by atoms with Crippen LogP contribution in [0.2, 0.25) is 0 Å². The van der Waals surface area contributed by atoms with E-state index in [1.807, 2.05) is 13.8 Å². The maximum atomic E-state index is 11.9. The van der Waals surface area contributed by atoms with Gasteiger partial charge < -0.3 is 5.32 Å². The zero-order chi connectivity index (χ0) is 14.5. The van der Waals surface area contributed by atoms with Crippen LogP contribution in [-0.2, 0) is 11.3 Å². The standard InChI is InChI=1S/C12H23N7O/c1-8(6-11-7-9(2)14-16-11)13-12(20)4-5-19-10(3)15-17-18-19/h8-9,11,14,16H,4-7H2,1-3H3,(H,13,20). The van der Waals surface area contributed by atoms with Gasteiger partial charge in [0.15, 0.2) is 0 Å². The molecule has 2 heterocycles. The first-order chi connectivity index (χ1) is 9.54. The third-order valence-electron chi connectivity index (χ3n) is 3.48. The second kappa shape index (κ2) is 6.76. The maximum Gasteiger partial charge on any atom is 0.222 e. The minimum atomic E-state index is 0.0337. The van der Waals surface area contributed by atoms with Crippen LogP contribution in [0.25, 0.3) is 0 Å². The molecule has 3 N–H and O–H groups in total. The number of nitrogens with one attached hydrogen (secondary N) is 3. The second-order valence-electron chi connectivity index (χ2n) is 5.53. The monoisotopic (exact) mass is 281 g/mol. The van der Waals surface area contributed by atoms with Gasteiger partial charge in [0.25, 0.3) is 0 Å². The van der Waals surface area contributed by atoms with Crippen molar-refractivity contribution in [3.05, 3.63) is 5.82 Å². The number of aromatic nitrogens is 4. The van der Waals surface area contributed by atoms with Gasteiger partial charge >= 0.3 is 0 Å². The zero-order valence-corrected chi connectivity index (χ0v) is 12.3. The van der Waals surface area contributed by atoms with Gasteiger partial charge in [-0.15, -0.1) is 5.10 Å². The Balaban J connectivity index is 1.67. The fraction of sp³-hybridized carbons (Fsp3) is 0.833. The maximum absolute atomic E-state index is 11.9. The van der Waals surface area contributed by atoms with Gasteiger partial charge in [0.05, 0.1) is 6.54 Å². The van der Waals surface area contributed by atoms with Crippen LogP contribution in [0.4, 0.5) is 0 Å². The van der Waals surface area contributed by atoms with E-state index in [4.69, 9.17) is 0 Å². The van der Waals surface area contributed by atoms with E-state index in [-0.39, 0.29) is 11.9 Å². The lowest BCUT2D eigenvalue weighted by Crippen LogP contribution is -2.39. The minimum absolute atomic E-state index is 0.0337. The molecular formula is C12H23N7O. The van der Waals surface area contributed by atoms with Gasteiger partial charge in [-0.25, -0.2) is 4.68 Å². The Bertz CT molecular complexity index is 447. The minimum Gasteiger partial charge on any atom is -0.354 e. The Morgan fingerprint density at radius 1 is 1.55 bits per heavy atom. The van der Waals surface area contributed by atoms with Crippen LogP contribution in [0, 0.1) is 6.92 Å². The first-order valence-corrected chi connectivity index (χ1v) is 7.07. The van der Waals surface area contributed by atoms with E-state index in [0.717, 1.165) is 18.7 Å². The van der Waals surface area contributed by atoms with Crippen LogP contribution in [0.15, 0.2) is 0 Å². The fourth-order valence-corrected chi connectivity index (χ4v) is 2.46. The first-order valence-electron chi connectivity index (χ1n) is 7.07. The molecule has 3 unspecified atom stereocenters. The summed E-state index contributed by atoms with van der Waals surface area (Å²) >= 11 is 0. The Morgan fingerprint density at radius 2 is 2.35 bits per heavy atom. The van der Waals surface area contributed by atoms with E-state index in [0.29, 0.717) is 25.0 Å². The highest BCUT2D eigenvalue weighted by molar-refractivity contribution is 5.76. The summed E-state index contributed by atoms with van der Waals surface area (Å²) in [6.45, 7) is 6.51. The normalized spacial score (nSPS) is 23.8. The van der Waals surface area contributed by atoms with Crippen molar-refractivity contribution in [3.8, 4) is 0 Å². The highest BCUT2D eigenvalue weighted by Gasteiger charge is 2.22. The third kappa shape index (κ3) is 4.24. The molecule has 3 atom stereocenters. The van der Waals surface area contributed by atoms with Crippen molar-refractivity contribution in [3.63, 3.8) is 0 Å². The molecule has 1 aromatic heterocycles. The number of hydrogen-bond donors (Lipinski definition) is 3. The largest absolute Gasteiger partial charge is 0.354 e. The van der Waals surface area contributed by atoms with Crippen molar-refractivity contribution < 1.29 is 4.79 Å². The summed E-state index contributed by atoms with van der Waals surface area (Å²) in [6, 6.07) is 1.06. The molecule has 2 rings (SSSR count). The molecule has 1 aliphatic rings. The van der Waals surface area contributed by atoms with Crippen molar-refractivity contribution in [2.75, 3.05) is 0 Å². The molecule has 8 heteroatoms. The molecule has 1 amide bonds. The fourth-order valence-electron chi connectivity index (χ4n) is 2.46. The Morgan fingerprint density at radius 3 is 2.95 bits per heavy atom. The molecule has 0 saturated carbocycles. The lowest BCUT2D eigenvalue weighted by atomic mass is 10.0. The number of hydrazine groups is 1. The van der Waals surface area contributed by atoms with Gasteiger partial charge in [0, 0.05) is 24.5 Å². The molecule has 0 spiro atoms.